The minimum absolute atomic E-state index is 0.852. The van der Waals surface area contributed by atoms with Crippen LogP contribution in [0.25, 0.3) is 0 Å². The Balaban J connectivity index is 1.59. The molecule has 80 valence electrons. The van der Waals surface area contributed by atoms with Gasteiger partial charge in [-0.05, 0) is 25.9 Å². The van der Waals surface area contributed by atoms with Gasteiger partial charge in [-0.25, -0.2) is 0 Å². The fraction of sp³-hybridized carbons (Fsp3) is 1.00. The molecule has 1 N–H and O–H groups in total. The molecule has 3 heteroatoms. The van der Waals surface area contributed by atoms with Gasteiger partial charge in [-0.3, -0.25) is 4.90 Å². The maximum absolute atomic E-state index is 5.51. The Morgan fingerprint density at radius 2 is 1.64 bits per heavy atom. The summed E-state index contributed by atoms with van der Waals surface area (Å²) in [6.07, 6.45) is 2.70. The van der Waals surface area contributed by atoms with Gasteiger partial charge in [-0.2, -0.15) is 0 Å². The van der Waals surface area contributed by atoms with Crippen molar-refractivity contribution in [1.29, 1.82) is 0 Å². The predicted octanol–water partition coefficient (Wildman–Crippen LogP) is 0.317. The van der Waals surface area contributed by atoms with Gasteiger partial charge in [-0.1, -0.05) is 0 Å². The van der Waals surface area contributed by atoms with Crippen LogP contribution in [0.1, 0.15) is 12.8 Å². The highest BCUT2D eigenvalue weighted by Gasteiger charge is 2.39. The van der Waals surface area contributed by atoms with Crippen LogP contribution in [0.2, 0.25) is 0 Å². The standard InChI is InChI=1S/C11H20N2O/c1-3-12-4-2-11(1)13-5-9-7-14-8-10(9)6-13/h9-12H,1-8H2. The van der Waals surface area contributed by atoms with Crippen molar-refractivity contribution in [2.45, 2.75) is 18.9 Å². The second kappa shape index (κ2) is 3.80. The largest absolute Gasteiger partial charge is 0.381 e. The van der Waals surface area contributed by atoms with Crippen molar-refractivity contribution in [1.82, 2.24) is 10.2 Å². The van der Waals surface area contributed by atoms with Crippen LogP contribution in [-0.2, 0) is 4.74 Å². The maximum Gasteiger partial charge on any atom is 0.0510 e. The van der Waals surface area contributed by atoms with Crippen molar-refractivity contribution >= 4 is 0 Å². The first-order chi connectivity index (χ1) is 6.93. The third-order valence-corrected chi connectivity index (χ3v) is 4.09. The summed E-state index contributed by atoms with van der Waals surface area (Å²) < 4.78 is 5.51. The molecule has 3 aliphatic rings. The third kappa shape index (κ3) is 1.58. The molecule has 3 heterocycles. The van der Waals surface area contributed by atoms with Crippen LogP contribution in [0.3, 0.4) is 0 Å². The van der Waals surface area contributed by atoms with Crippen LogP contribution in [0, 0.1) is 11.8 Å². The minimum Gasteiger partial charge on any atom is -0.381 e. The molecule has 3 rings (SSSR count). The van der Waals surface area contributed by atoms with Crippen LogP contribution in [-0.4, -0.2) is 50.3 Å². The molecular weight excluding hydrogens is 176 g/mol. The summed E-state index contributed by atoms with van der Waals surface area (Å²) in [7, 11) is 0. The fourth-order valence-corrected chi connectivity index (χ4v) is 3.19. The molecule has 0 bridgehead atoms. The summed E-state index contributed by atoms with van der Waals surface area (Å²) in [5.74, 6) is 1.70. The maximum atomic E-state index is 5.51. The summed E-state index contributed by atoms with van der Waals surface area (Å²) in [4.78, 5) is 2.72. The van der Waals surface area contributed by atoms with Crippen LogP contribution >= 0.6 is 0 Å². The number of hydrogen-bond acceptors (Lipinski definition) is 3. The average Bonchev–Trinajstić information content (AvgIpc) is 2.78. The summed E-state index contributed by atoms with van der Waals surface area (Å²) in [5.41, 5.74) is 0. The lowest BCUT2D eigenvalue weighted by molar-refractivity contribution is 0.128. The molecule has 3 aliphatic heterocycles. The lowest BCUT2D eigenvalue weighted by Crippen LogP contribution is -2.42. The molecule has 0 aromatic carbocycles. The van der Waals surface area contributed by atoms with E-state index in [0.717, 1.165) is 31.1 Å². The molecule has 0 radical (unpaired) electrons. The number of fused-ring (bicyclic) bond motifs is 1. The Morgan fingerprint density at radius 1 is 1.00 bits per heavy atom. The van der Waals surface area contributed by atoms with Crippen LogP contribution in [0.15, 0.2) is 0 Å². The Morgan fingerprint density at radius 3 is 2.29 bits per heavy atom. The summed E-state index contributed by atoms with van der Waals surface area (Å²) in [6, 6.07) is 0.863. The third-order valence-electron chi connectivity index (χ3n) is 4.09. The Hall–Kier alpha value is -0.120. The highest BCUT2D eigenvalue weighted by molar-refractivity contribution is 4.91. The summed E-state index contributed by atoms with van der Waals surface area (Å²) in [6.45, 7) is 7.07. The van der Waals surface area contributed by atoms with Gasteiger partial charge in [0.2, 0.25) is 0 Å². The monoisotopic (exact) mass is 196 g/mol. The van der Waals surface area contributed by atoms with E-state index in [9.17, 15) is 0 Å². The van der Waals surface area contributed by atoms with E-state index in [-0.39, 0.29) is 0 Å². The quantitative estimate of drug-likeness (QED) is 0.653. The van der Waals surface area contributed by atoms with Crippen molar-refractivity contribution in [2.24, 2.45) is 11.8 Å². The van der Waals surface area contributed by atoms with Crippen molar-refractivity contribution in [2.75, 3.05) is 39.4 Å². The first-order valence-corrected chi connectivity index (χ1v) is 5.96. The zero-order chi connectivity index (χ0) is 9.38. The van der Waals surface area contributed by atoms with E-state index in [1.54, 1.807) is 0 Å². The van der Waals surface area contributed by atoms with E-state index in [2.05, 4.69) is 10.2 Å². The molecule has 0 spiro atoms. The molecule has 0 amide bonds. The van der Waals surface area contributed by atoms with Gasteiger partial charge in [0.15, 0.2) is 0 Å². The van der Waals surface area contributed by atoms with Gasteiger partial charge < -0.3 is 10.1 Å². The van der Waals surface area contributed by atoms with Crippen molar-refractivity contribution in [3.05, 3.63) is 0 Å². The smallest absolute Gasteiger partial charge is 0.0510 e. The lowest BCUT2D eigenvalue weighted by atomic mass is 10.0. The second-order valence-corrected chi connectivity index (χ2v) is 4.99. The van der Waals surface area contributed by atoms with E-state index < -0.39 is 0 Å². The minimum atomic E-state index is 0.852. The molecule has 3 nitrogen and oxygen atoms in total. The summed E-state index contributed by atoms with van der Waals surface area (Å²) >= 11 is 0. The molecule has 3 fully saturated rings. The van der Waals surface area contributed by atoms with E-state index in [1.807, 2.05) is 0 Å². The molecule has 2 atom stereocenters. The Bertz CT molecular complexity index is 191. The zero-order valence-corrected chi connectivity index (χ0v) is 8.74. The molecule has 3 saturated heterocycles. The van der Waals surface area contributed by atoms with Crippen LogP contribution < -0.4 is 5.32 Å². The highest BCUT2D eigenvalue weighted by Crippen LogP contribution is 2.31. The SMILES string of the molecule is C1CC(N2CC3COCC3C2)CCN1. The van der Waals surface area contributed by atoms with Crippen molar-refractivity contribution < 1.29 is 4.74 Å². The van der Waals surface area contributed by atoms with Crippen molar-refractivity contribution in [3.8, 4) is 0 Å². The molecule has 0 aromatic rings. The number of rotatable bonds is 1. The highest BCUT2D eigenvalue weighted by atomic mass is 16.5. The fourth-order valence-electron chi connectivity index (χ4n) is 3.19. The summed E-state index contributed by atoms with van der Waals surface area (Å²) in [5, 5.41) is 3.44. The van der Waals surface area contributed by atoms with Gasteiger partial charge in [0.1, 0.15) is 0 Å². The Kier molecular flexibility index (Phi) is 2.48. The lowest BCUT2D eigenvalue weighted by Gasteiger charge is -2.31. The molecule has 14 heavy (non-hydrogen) atoms. The number of piperidine rings is 1. The van der Waals surface area contributed by atoms with E-state index in [0.29, 0.717) is 0 Å². The number of nitrogens with one attached hydrogen (secondary N) is 1. The number of likely N-dealkylation sites (tertiary alicyclic amines) is 1. The van der Waals surface area contributed by atoms with E-state index in [4.69, 9.17) is 4.74 Å². The molecule has 0 aliphatic carbocycles. The van der Waals surface area contributed by atoms with Gasteiger partial charge in [-0.15, -0.1) is 0 Å². The molecule has 0 aromatic heterocycles. The second-order valence-electron chi connectivity index (χ2n) is 4.99. The molecule has 2 unspecified atom stereocenters. The number of ether oxygens (including phenoxy) is 1. The topological polar surface area (TPSA) is 24.5 Å². The molecule has 0 saturated carbocycles. The first kappa shape index (κ1) is 9.13. The molecular formula is C11H20N2O. The first-order valence-electron chi connectivity index (χ1n) is 5.96. The average molecular weight is 196 g/mol. The number of hydrogen-bond donors (Lipinski definition) is 1. The zero-order valence-electron chi connectivity index (χ0n) is 8.74. The Labute approximate surface area is 85.8 Å². The van der Waals surface area contributed by atoms with Crippen LogP contribution in [0.5, 0.6) is 0 Å². The van der Waals surface area contributed by atoms with Gasteiger partial charge in [0, 0.05) is 31.0 Å². The number of nitrogens with zero attached hydrogens (tertiary/aromatic N) is 1. The van der Waals surface area contributed by atoms with Gasteiger partial charge in [0.25, 0.3) is 0 Å². The van der Waals surface area contributed by atoms with Gasteiger partial charge in [0.05, 0.1) is 13.2 Å². The van der Waals surface area contributed by atoms with Gasteiger partial charge >= 0.3 is 0 Å². The predicted molar refractivity (Wildman–Crippen MR) is 55.3 cm³/mol. The van der Waals surface area contributed by atoms with Crippen molar-refractivity contribution in [3.63, 3.8) is 0 Å². The van der Waals surface area contributed by atoms with Crippen LogP contribution in [0.4, 0.5) is 0 Å². The van der Waals surface area contributed by atoms with E-state index in [1.165, 1.54) is 39.0 Å². The van der Waals surface area contributed by atoms with E-state index >= 15 is 0 Å². The normalized spacial score (nSPS) is 40.3.